The van der Waals surface area contributed by atoms with Crippen LogP contribution in [0.5, 0.6) is 0 Å². The van der Waals surface area contributed by atoms with E-state index in [-0.39, 0.29) is 143 Å². The quantitative estimate of drug-likeness (QED) is 0.0467. The third kappa shape index (κ3) is 16.5. The summed E-state index contributed by atoms with van der Waals surface area (Å²) < 4.78 is 78.6. The predicted molar refractivity (Wildman–Crippen MR) is 149 cm³/mol. The number of hydrogen-bond acceptors (Lipinski definition) is 10. The summed E-state index contributed by atoms with van der Waals surface area (Å²) in [5, 5.41) is 18.9. The summed E-state index contributed by atoms with van der Waals surface area (Å²) in [6, 6.07) is 0. The standard InChI is InChI=1S/C9H7ClF3N3S2.C6H5BrClF3N2.C3H3NS2.CH2O3.2K.H/c1-16-7(10)5(6(15-16)9(11,12)13)4-18-8-14-2-3-17-8;1-13-5(8)3(2-7)4(12-13)6(9,10)11;5-3-4-1-2-6-3;2-1-4-3;;;/h2-3H,4H2,1H3;2H2,1H3;1-2H,(H,4,5);1,3H;;;/q;;;;2*+1;-1/p-1. The van der Waals surface area contributed by atoms with Crippen molar-refractivity contribution in [3.8, 4) is 0 Å². The molecule has 0 amide bonds. The SMILES string of the molecule is Cn1nc(C(F)(F)F)c(CBr)c1Cl.Cn1nc(C(F)(F)F)c(CSc2nccs2)c1Cl.O=CO[O-].S=c1[nH]ccs1.[H-].[K+].[K+]. The third-order valence-corrected chi connectivity index (χ3v) is 8.55. The Morgan fingerprint density at radius 1 is 1.07 bits per heavy atom. The number of carbonyl (C=O) groups is 1. The molecule has 4 rings (SSSR count). The van der Waals surface area contributed by atoms with Gasteiger partial charge in [0.15, 0.2) is 15.3 Å². The number of hydrogen-bond donors (Lipinski definition) is 1. The number of H-pyrrole nitrogens is 1. The van der Waals surface area contributed by atoms with Gasteiger partial charge in [-0.25, -0.2) is 4.98 Å². The van der Waals surface area contributed by atoms with Gasteiger partial charge in [-0.3, -0.25) is 14.2 Å². The van der Waals surface area contributed by atoms with Crippen LogP contribution >= 0.6 is 85.8 Å². The topological polar surface area (TPSA) is 114 Å². The summed E-state index contributed by atoms with van der Waals surface area (Å²) >= 11 is 23.2. The van der Waals surface area contributed by atoms with Gasteiger partial charge in [-0.15, -0.1) is 22.7 Å². The Bertz CT molecular complexity index is 1410. The average molecular weight is 849 g/mol. The van der Waals surface area contributed by atoms with E-state index in [0.717, 1.165) is 13.3 Å². The number of aryl methyl sites for hydroxylation is 2. The molecule has 0 radical (unpaired) electrons. The average Bonchev–Trinajstić information content (AvgIpc) is 3.69. The van der Waals surface area contributed by atoms with Crippen molar-refractivity contribution in [2.45, 2.75) is 27.8 Å². The molecule has 4 aromatic heterocycles. The molecule has 0 aromatic carbocycles. The van der Waals surface area contributed by atoms with Crippen LogP contribution in [0.25, 0.3) is 0 Å². The zero-order valence-electron chi connectivity index (χ0n) is 23.3. The van der Waals surface area contributed by atoms with Crippen molar-refractivity contribution in [1.82, 2.24) is 29.5 Å². The van der Waals surface area contributed by atoms with Crippen molar-refractivity contribution in [3.63, 3.8) is 0 Å². The van der Waals surface area contributed by atoms with E-state index < -0.39 is 23.7 Å². The van der Waals surface area contributed by atoms with Crippen molar-refractivity contribution in [1.29, 1.82) is 0 Å². The molecular formula is C19H17BrCl2F6K2N6O3S4. The van der Waals surface area contributed by atoms with Gasteiger partial charge in [0.2, 0.25) is 0 Å². The van der Waals surface area contributed by atoms with Crippen LogP contribution in [0.3, 0.4) is 0 Å². The molecule has 0 aliphatic rings. The van der Waals surface area contributed by atoms with E-state index in [9.17, 15) is 26.3 Å². The molecule has 1 N–H and O–H groups in total. The Balaban J connectivity index is -0.000000567. The summed E-state index contributed by atoms with van der Waals surface area (Å²) in [5.41, 5.74) is -1.90. The molecule has 0 bridgehead atoms. The number of aromatic amines is 1. The number of nitrogens with one attached hydrogen (secondary N) is 1. The van der Waals surface area contributed by atoms with Crippen LogP contribution in [0, 0.1) is 3.95 Å². The maximum atomic E-state index is 12.8. The number of aromatic nitrogens is 6. The molecule has 24 heteroatoms. The zero-order chi connectivity index (χ0) is 31.4. The smallest absolute Gasteiger partial charge is 1.00 e. The molecule has 0 aliphatic carbocycles. The van der Waals surface area contributed by atoms with Crippen LogP contribution in [0.4, 0.5) is 26.3 Å². The molecule has 4 heterocycles. The second kappa shape index (κ2) is 23.0. The van der Waals surface area contributed by atoms with Crippen molar-refractivity contribution in [2.24, 2.45) is 14.1 Å². The van der Waals surface area contributed by atoms with Crippen molar-refractivity contribution >= 4 is 92.3 Å². The van der Waals surface area contributed by atoms with Gasteiger partial charge >= 0.3 is 115 Å². The molecule has 43 heavy (non-hydrogen) atoms. The minimum Gasteiger partial charge on any atom is -1.00 e. The number of thiazole rings is 2. The number of alkyl halides is 7. The Labute approximate surface area is 362 Å². The Morgan fingerprint density at radius 3 is 1.86 bits per heavy atom. The van der Waals surface area contributed by atoms with Crippen molar-refractivity contribution < 1.29 is 145 Å². The number of nitrogens with zero attached hydrogens (tertiary/aromatic N) is 5. The summed E-state index contributed by atoms with van der Waals surface area (Å²) in [6.07, 6.45) is -5.52. The molecule has 0 aliphatic heterocycles. The van der Waals surface area contributed by atoms with Gasteiger partial charge in [0.25, 0.3) is 6.47 Å². The van der Waals surface area contributed by atoms with Crippen LogP contribution < -0.4 is 108 Å². The summed E-state index contributed by atoms with van der Waals surface area (Å²) in [7, 11) is 2.75. The maximum absolute atomic E-state index is 12.8. The number of thioether (sulfide) groups is 1. The second-order valence-electron chi connectivity index (χ2n) is 6.74. The van der Waals surface area contributed by atoms with E-state index >= 15 is 0 Å². The van der Waals surface area contributed by atoms with E-state index in [2.05, 4.69) is 41.0 Å². The molecule has 0 unspecified atom stereocenters. The van der Waals surface area contributed by atoms with Crippen LogP contribution in [-0.2, 0) is 47.2 Å². The Morgan fingerprint density at radius 2 is 1.56 bits per heavy atom. The monoisotopic (exact) mass is 846 g/mol. The minimum absolute atomic E-state index is 0. The summed E-state index contributed by atoms with van der Waals surface area (Å²) in [5.74, 6) is 0.0923. The largest absolute Gasteiger partial charge is 1.00 e. The maximum Gasteiger partial charge on any atom is 1.00 e. The van der Waals surface area contributed by atoms with Crippen molar-refractivity contribution in [2.75, 3.05) is 0 Å². The van der Waals surface area contributed by atoms with E-state index in [1.807, 2.05) is 11.6 Å². The van der Waals surface area contributed by atoms with E-state index in [4.69, 9.17) is 45.5 Å². The van der Waals surface area contributed by atoms with Crippen LogP contribution in [0.2, 0.25) is 10.3 Å². The molecule has 230 valence electrons. The third-order valence-electron chi connectivity index (χ3n) is 4.04. The van der Waals surface area contributed by atoms with E-state index in [0.29, 0.717) is 4.34 Å². The van der Waals surface area contributed by atoms with Gasteiger partial charge in [0.05, 0.1) is 0 Å². The second-order valence-corrected chi connectivity index (χ2v) is 11.7. The number of halogens is 9. The fraction of sp³-hybridized carbons (Fsp3) is 0.316. The van der Waals surface area contributed by atoms with Crippen LogP contribution in [-0.4, -0.2) is 36.0 Å². The molecule has 0 fully saturated rings. The molecule has 4 aromatic rings. The van der Waals surface area contributed by atoms with E-state index in [1.165, 1.54) is 48.5 Å². The number of rotatable bonds is 5. The summed E-state index contributed by atoms with van der Waals surface area (Å²) in [4.78, 5) is 18.1. The normalized spacial score (nSPS) is 10.4. The predicted octanol–water partition coefficient (Wildman–Crippen LogP) is 1.19. The van der Waals surface area contributed by atoms with Crippen LogP contribution in [0.1, 0.15) is 23.9 Å². The van der Waals surface area contributed by atoms with Gasteiger partial charge in [0, 0.05) is 59.5 Å². The molecule has 0 saturated heterocycles. The first-order valence-corrected chi connectivity index (χ1v) is 15.1. The minimum atomic E-state index is -4.50. The molecule has 0 saturated carbocycles. The van der Waals surface area contributed by atoms with E-state index in [1.54, 1.807) is 11.6 Å². The van der Waals surface area contributed by atoms with Gasteiger partial charge in [0.1, 0.15) is 14.6 Å². The Hall–Kier alpha value is 1.59. The van der Waals surface area contributed by atoms with Crippen molar-refractivity contribution in [3.05, 3.63) is 59.9 Å². The van der Waals surface area contributed by atoms with Gasteiger partial charge < -0.3 is 16.6 Å². The fourth-order valence-electron chi connectivity index (χ4n) is 2.44. The molecule has 0 spiro atoms. The van der Waals surface area contributed by atoms with Gasteiger partial charge in [-0.05, 0) is 12.2 Å². The molecule has 9 nitrogen and oxygen atoms in total. The fourth-order valence-corrected chi connectivity index (χ4v) is 5.89. The van der Waals surface area contributed by atoms with Gasteiger partial charge in [-0.1, -0.05) is 50.9 Å². The van der Waals surface area contributed by atoms with Gasteiger partial charge in [-0.2, -0.15) is 36.5 Å². The first-order valence-electron chi connectivity index (χ1n) is 10.1. The molecular weight excluding hydrogens is 832 g/mol. The number of carbonyl (C=O) groups excluding carboxylic acids is 1. The molecule has 0 atom stereocenters. The summed E-state index contributed by atoms with van der Waals surface area (Å²) in [6.45, 7) is -0.181. The zero-order valence-corrected chi connectivity index (χ0v) is 34.9. The first-order chi connectivity index (χ1) is 19.1. The Kier molecular flexibility index (Phi) is 25.0. The van der Waals surface area contributed by atoms with Crippen LogP contribution in [0.15, 0.2) is 27.5 Å². The first kappa shape index (κ1) is 46.7.